The zero-order chi connectivity index (χ0) is 23.8. The number of ether oxygens (including phenoxy) is 2. The molecule has 2 aromatic heterocycles. The minimum atomic E-state index is -3.08. The molecular formula is C25H28F2N4O3. The summed E-state index contributed by atoms with van der Waals surface area (Å²) in [6.45, 7) is -0.948. The number of alkyl halides is 2. The summed E-state index contributed by atoms with van der Waals surface area (Å²) in [6.07, 6.45) is 7.70. The number of fused-ring (bicyclic) bond motifs is 1. The van der Waals surface area contributed by atoms with Crippen LogP contribution in [0.2, 0.25) is 0 Å². The van der Waals surface area contributed by atoms with E-state index in [1.165, 1.54) is 25.2 Å². The smallest absolute Gasteiger partial charge is 0.387 e. The number of benzene rings is 1. The van der Waals surface area contributed by atoms with E-state index in [2.05, 4.69) is 34.4 Å². The standard InChI is InChI=1S/C25H28F2N4O3/c1-30-8-3-4-16(14-30)15-7-9-31-19(13-28-22(31)12-15)17-10-20(33-2)23(21(11-17)34-25(26)27)24(32)29-18-5-6-18/h7,9-13,16,18,25H,3-6,8,14H2,1-2H3,(H,29,32). The number of rotatable bonds is 7. The summed E-state index contributed by atoms with van der Waals surface area (Å²) in [5.74, 6) is -0.0801. The fourth-order valence-electron chi connectivity index (χ4n) is 4.70. The van der Waals surface area contributed by atoms with E-state index in [-0.39, 0.29) is 23.1 Å². The van der Waals surface area contributed by atoms with Crippen LogP contribution in [0.1, 0.15) is 47.5 Å². The number of imidazole rings is 1. The molecule has 0 radical (unpaired) electrons. The van der Waals surface area contributed by atoms with Gasteiger partial charge in [-0.15, -0.1) is 0 Å². The lowest BCUT2D eigenvalue weighted by Gasteiger charge is -2.29. The van der Waals surface area contributed by atoms with Crippen LogP contribution < -0.4 is 14.8 Å². The van der Waals surface area contributed by atoms with Crippen molar-refractivity contribution < 1.29 is 23.0 Å². The Kier molecular flexibility index (Phi) is 6.12. The molecule has 0 spiro atoms. The molecule has 0 bridgehead atoms. The lowest BCUT2D eigenvalue weighted by Crippen LogP contribution is -2.30. The zero-order valence-electron chi connectivity index (χ0n) is 19.3. The molecule has 1 aliphatic carbocycles. The van der Waals surface area contributed by atoms with Crippen molar-refractivity contribution in [3.63, 3.8) is 0 Å². The molecule has 7 nitrogen and oxygen atoms in total. The van der Waals surface area contributed by atoms with E-state index in [0.717, 1.165) is 38.0 Å². The van der Waals surface area contributed by atoms with Gasteiger partial charge in [-0.3, -0.25) is 9.20 Å². The van der Waals surface area contributed by atoms with Crippen LogP contribution in [0.5, 0.6) is 11.5 Å². The van der Waals surface area contributed by atoms with Crippen molar-refractivity contribution >= 4 is 11.6 Å². The monoisotopic (exact) mass is 470 g/mol. The van der Waals surface area contributed by atoms with E-state index in [1.54, 1.807) is 12.3 Å². The molecule has 3 heterocycles. The molecule has 1 aliphatic heterocycles. The summed E-state index contributed by atoms with van der Waals surface area (Å²) in [4.78, 5) is 19.7. The van der Waals surface area contributed by atoms with E-state index < -0.39 is 12.5 Å². The SMILES string of the molecule is COc1cc(-c2cnc3cc(C4CCCN(C)C4)ccn23)cc(OC(F)F)c1C(=O)NC1CC1. The summed E-state index contributed by atoms with van der Waals surface area (Å²) in [7, 11) is 3.54. The fraction of sp³-hybridized carbons (Fsp3) is 0.440. The molecule has 5 rings (SSSR count). The first-order valence-corrected chi connectivity index (χ1v) is 11.6. The molecule has 180 valence electrons. The van der Waals surface area contributed by atoms with Gasteiger partial charge in [-0.25, -0.2) is 4.98 Å². The highest BCUT2D eigenvalue weighted by molar-refractivity contribution is 6.01. The van der Waals surface area contributed by atoms with Crippen molar-refractivity contribution in [2.24, 2.45) is 0 Å². The number of hydrogen-bond acceptors (Lipinski definition) is 5. The molecule has 1 atom stereocenters. The van der Waals surface area contributed by atoms with Crippen molar-refractivity contribution in [2.75, 3.05) is 27.2 Å². The Labute approximate surface area is 196 Å². The molecule has 3 aromatic rings. The Hall–Kier alpha value is -3.20. The number of aromatic nitrogens is 2. The number of halogens is 2. The topological polar surface area (TPSA) is 68.1 Å². The summed E-state index contributed by atoms with van der Waals surface area (Å²) >= 11 is 0. The molecule has 1 unspecified atom stereocenters. The van der Waals surface area contributed by atoms with E-state index in [1.807, 2.05) is 10.6 Å². The van der Waals surface area contributed by atoms with Crippen molar-refractivity contribution in [1.82, 2.24) is 19.6 Å². The Balaban J connectivity index is 1.53. The minimum Gasteiger partial charge on any atom is -0.496 e. The summed E-state index contributed by atoms with van der Waals surface area (Å²) in [6, 6.07) is 7.34. The number of pyridine rings is 1. The molecule has 2 aliphatic rings. The highest BCUT2D eigenvalue weighted by atomic mass is 19.3. The largest absolute Gasteiger partial charge is 0.496 e. The summed E-state index contributed by atoms with van der Waals surface area (Å²) < 4.78 is 38.6. The van der Waals surface area contributed by atoms with Crippen LogP contribution in [-0.4, -0.2) is 60.1 Å². The maximum atomic E-state index is 13.2. The molecule has 1 N–H and O–H groups in total. The van der Waals surface area contributed by atoms with Gasteiger partial charge in [-0.05, 0) is 75.0 Å². The highest BCUT2D eigenvalue weighted by Crippen LogP contribution is 2.37. The van der Waals surface area contributed by atoms with Gasteiger partial charge in [-0.1, -0.05) is 0 Å². The van der Waals surface area contributed by atoms with Gasteiger partial charge < -0.3 is 19.7 Å². The zero-order valence-corrected chi connectivity index (χ0v) is 19.3. The van der Waals surface area contributed by atoms with Gasteiger partial charge in [-0.2, -0.15) is 8.78 Å². The number of nitrogens with zero attached hydrogens (tertiary/aromatic N) is 3. The number of piperidine rings is 1. The molecule has 34 heavy (non-hydrogen) atoms. The average molecular weight is 471 g/mol. The predicted molar refractivity (Wildman–Crippen MR) is 124 cm³/mol. The Morgan fingerprint density at radius 3 is 2.71 bits per heavy atom. The molecule has 1 amide bonds. The van der Waals surface area contributed by atoms with E-state index in [9.17, 15) is 13.6 Å². The molecule has 9 heteroatoms. The van der Waals surface area contributed by atoms with Crippen LogP contribution >= 0.6 is 0 Å². The Morgan fingerprint density at radius 1 is 1.21 bits per heavy atom. The Morgan fingerprint density at radius 2 is 2.00 bits per heavy atom. The van der Waals surface area contributed by atoms with Crippen LogP contribution in [0, 0.1) is 0 Å². The summed E-state index contributed by atoms with van der Waals surface area (Å²) in [5, 5.41) is 2.82. The van der Waals surface area contributed by atoms with E-state index >= 15 is 0 Å². The number of nitrogens with one attached hydrogen (secondary N) is 1. The van der Waals surface area contributed by atoms with Gasteiger partial charge in [0.25, 0.3) is 5.91 Å². The van der Waals surface area contributed by atoms with E-state index in [4.69, 9.17) is 9.47 Å². The van der Waals surface area contributed by atoms with Crippen LogP contribution in [0.3, 0.4) is 0 Å². The maximum Gasteiger partial charge on any atom is 0.387 e. The maximum absolute atomic E-state index is 13.2. The van der Waals surface area contributed by atoms with Gasteiger partial charge in [0.15, 0.2) is 0 Å². The first-order valence-electron chi connectivity index (χ1n) is 11.6. The molecule has 1 saturated carbocycles. The minimum absolute atomic E-state index is 0.0315. The number of amides is 1. The number of likely N-dealkylation sites (N-methyl/N-ethyl adjacent to an activating group) is 1. The quantitative estimate of drug-likeness (QED) is 0.557. The second-order valence-electron chi connectivity index (χ2n) is 9.11. The second kappa shape index (κ2) is 9.21. The molecular weight excluding hydrogens is 442 g/mol. The Bertz CT molecular complexity index is 1210. The first kappa shape index (κ1) is 22.6. The molecule has 2 fully saturated rings. The second-order valence-corrected chi connectivity index (χ2v) is 9.11. The lowest BCUT2D eigenvalue weighted by atomic mass is 9.91. The third kappa shape index (κ3) is 4.57. The summed E-state index contributed by atoms with van der Waals surface area (Å²) in [5.41, 5.74) is 3.23. The third-order valence-corrected chi connectivity index (χ3v) is 6.57. The van der Waals surface area contributed by atoms with Gasteiger partial charge >= 0.3 is 6.61 Å². The van der Waals surface area contributed by atoms with Crippen molar-refractivity contribution in [3.8, 4) is 22.8 Å². The van der Waals surface area contributed by atoms with Crippen LogP contribution in [0.4, 0.5) is 8.78 Å². The number of likely N-dealkylation sites (tertiary alicyclic amines) is 1. The number of carbonyl (C=O) groups excluding carboxylic acids is 1. The lowest BCUT2D eigenvalue weighted by molar-refractivity contribution is -0.0502. The average Bonchev–Trinajstić information content (AvgIpc) is 3.52. The van der Waals surface area contributed by atoms with Crippen molar-refractivity contribution in [1.29, 1.82) is 0 Å². The van der Waals surface area contributed by atoms with Gasteiger partial charge in [0, 0.05) is 24.3 Å². The van der Waals surface area contributed by atoms with Crippen molar-refractivity contribution in [3.05, 3.63) is 47.8 Å². The van der Waals surface area contributed by atoms with Gasteiger partial charge in [0.05, 0.1) is 19.0 Å². The molecule has 1 aromatic carbocycles. The van der Waals surface area contributed by atoms with Crippen molar-refractivity contribution in [2.45, 2.75) is 44.3 Å². The third-order valence-electron chi connectivity index (χ3n) is 6.57. The van der Waals surface area contributed by atoms with Crippen LogP contribution in [0.25, 0.3) is 16.9 Å². The number of carbonyl (C=O) groups is 1. The highest BCUT2D eigenvalue weighted by Gasteiger charge is 2.29. The van der Waals surface area contributed by atoms with Gasteiger partial charge in [0.2, 0.25) is 0 Å². The van der Waals surface area contributed by atoms with Crippen LogP contribution in [0.15, 0.2) is 36.7 Å². The normalized spacial score (nSPS) is 18.9. The van der Waals surface area contributed by atoms with E-state index in [0.29, 0.717) is 17.2 Å². The van der Waals surface area contributed by atoms with Gasteiger partial charge in [0.1, 0.15) is 22.7 Å². The predicted octanol–water partition coefficient (Wildman–Crippen LogP) is 4.31. The molecule has 1 saturated heterocycles. The fourth-order valence-corrected chi connectivity index (χ4v) is 4.70. The number of methoxy groups -OCH3 is 1. The first-order chi connectivity index (χ1) is 16.4. The van der Waals surface area contributed by atoms with Crippen LogP contribution in [-0.2, 0) is 0 Å². The number of hydrogen-bond donors (Lipinski definition) is 1.